The molecule has 0 saturated heterocycles. The molecule has 0 aromatic rings. The SMILES string of the molecule is CCCCCCCC/C=C\CCCCCCCC(=O)O.[Hf]. The van der Waals surface area contributed by atoms with Crippen LogP contribution in [0.5, 0.6) is 0 Å². The van der Waals surface area contributed by atoms with E-state index in [-0.39, 0.29) is 25.8 Å². The van der Waals surface area contributed by atoms with Crippen molar-refractivity contribution >= 4 is 5.97 Å². The second kappa shape index (κ2) is 20.1. The van der Waals surface area contributed by atoms with Crippen molar-refractivity contribution in [3.05, 3.63) is 12.2 Å². The molecule has 0 unspecified atom stereocenters. The quantitative estimate of drug-likeness (QED) is 0.182. The van der Waals surface area contributed by atoms with Crippen molar-refractivity contribution in [1.82, 2.24) is 0 Å². The number of allylic oxidation sites excluding steroid dienone is 2. The Kier molecular flexibility index (Phi) is 22.3. The fraction of sp³-hybridized carbons (Fsp3) is 0.833. The maximum absolute atomic E-state index is 10.3. The van der Waals surface area contributed by atoms with E-state index in [2.05, 4.69) is 19.1 Å². The molecule has 0 bridgehead atoms. The van der Waals surface area contributed by atoms with Gasteiger partial charge in [-0.15, -0.1) is 0 Å². The summed E-state index contributed by atoms with van der Waals surface area (Å²) in [5.74, 6) is -0.664. The molecular weight excluding hydrogens is 427 g/mol. The monoisotopic (exact) mass is 462 g/mol. The Hall–Kier alpha value is 0.0801. The van der Waals surface area contributed by atoms with Crippen LogP contribution in [-0.2, 0) is 30.6 Å². The van der Waals surface area contributed by atoms with Crippen molar-refractivity contribution in [3.63, 3.8) is 0 Å². The first-order valence-electron chi connectivity index (χ1n) is 8.64. The van der Waals surface area contributed by atoms with Crippen molar-refractivity contribution in [2.75, 3.05) is 0 Å². The third-order valence-electron chi connectivity index (χ3n) is 3.65. The largest absolute Gasteiger partial charge is 0.481 e. The zero-order valence-corrected chi connectivity index (χ0v) is 17.5. The summed E-state index contributed by atoms with van der Waals surface area (Å²) >= 11 is 0. The van der Waals surface area contributed by atoms with Gasteiger partial charge in [0.2, 0.25) is 0 Å². The topological polar surface area (TPSA) is 37.3 Å². The van der Waals surface area contributed by atoms with E-state index in [1.165, 1.54) is 70.6 Å². The first-order chi connectivity index (χ1) is 9.77. The molecule has 0 heterocycles. The van der Waals surface area contributed by atoms with Gasteiger partial charge in [-0.3, -0.25) is 4.79 Å². The molecule has 3 heteroatoms. The van der Waals surface area contributed by atoms with Crippen molar-refractivity contribution in [1.29, 1.82) is 0 Å². The molecule has 0 rings (SSSR count). The van der Waals surface area contributed by atoms with Crippen molar-refractivity contribution in [3.8, 4) is 0 Å². The van der Waals surface area contributed by atoms with Gasteiger partial charge < -0.3 is 5.11 Å². The van der Waals surface area contributed by atoms with E-state index >= 15 is 0 Å². The molecule has 0 radical (unpaired) electrons. The number of carbonyl (C=O) groups is 1. The summed E-state index contributed by atoms with van der Waals surface area (Å²) in [6.07, 6.45) is 21.2. The third kappa shape index (κ3) is 22.5. The first-order valence-corrected chi connectivity index (χ1v) is 8.64. The van der Waals surface area contributed by atoms with Gasteiger partial charge >= 0.3 is 5.97 Å². The summed E-state index contributed by atoms with van der Waals surface area (Å²) in [4.78, 5) is 10.3. The van der Waals surface area contributed by atoms with Gasteiger partial charge in [-0.05, 0) is 32.1 Å². The number of unbranched alkanes of at least 4 members (excludes halogenated alkanes) is 11. The fourth-order valence-corrected chi connectivity index (χ4v) is 2.35. The van der Waals surface area contributed by atoms with E-state index in [1.54, 1.807) is 0 Å². The van der Waals surface area contributed by atoms with E-state index in [1.807, 2.05) is 0 Å². The average molecular weight is 461 g/mol. The third-order valence-corrected chi connectivity index (χ3v) is 3.65. The van der Waals surface area contributed by atoms with Crippen LogP contribution in [0.15, 0.2) is 12.2 Å². The molecule has 0 aliphatic carbocycles. The van der Waals surface area contributed by atoms with Crippen LogP contribution in [0.4, 0.5) is 0 Å². The smallest absolute Gasteiger partial charge is 0.303 e. The minimum atomic E-state index is -0.664. The average Bonchev–Trinajstić information content (AvgIpc) is 2.43. The molecule has 0 spiro atoms. The Morgan fingerprint density at radius 3 is 1.67 bits per heavy atom. The number of rotatable bonds is 15. The van der Waals surface area contributed by atoms with E-state index < -0.39 is 5.97 Å². The first kappa shape index (κ1) is 23.3. The number of carboxylic acids is 1. The van der Waals surface area contributed by atoms with Crippen LogP contribution in [0.2, 0.25) is 0 Å². The molecule has 1 N–H and O–H groups in total. The van der Waals surface area contributed by atoms with Gasteiger partial charge in [0.15, 0.2) is 0 Å². The maximum atomic E-state index is 10.3. The van der Waals surface area contributed by atoms with E-state index in [4.69, 9.17) is 5.11 Å². The zero-order chi connectivity index (χ0) is 14.9. The second-order valence-electron chi connectivity index (χ2n) is 5.73. The summed E-state index contributed by atoms with van der Waals surface area (Å²) in [6, 6.07) is 0. The summed E-state index contributed by atoms with van der Waals surface area (Å²) in [5, 5.41) is 8.51. The molecule has 122 valence electrons. The Labute approximate surface area is 150 Å². The van der Waals surface area contributed by atoms with Gasteiger partial charge in [0, 0.05) is 32.3 Å². The van der Waals surface area contributed by atoms with Crippen molar-refractivity contribution < 1.29 is 35.7 Å². The minimum absolute atomic E-state index is 0. The summed E-state index contributed by atoms with van der Waals surface area (Å²) in [6.45, 7) is 2.26. The van der Waals surface area contributed by atoms with Crippen LogP contribution in [0.3, 0.4) is 0 Å². The normalized spacial score (nSPS) is 10.7. The number of carboxylic acid groups (broad SMARTS) is 1. The van der Waals surface area contributed by atoms with E-state index in [0.29, 0.717) is 6.42 Å². The molecule has 0 fully saturated rings. The minimum Gasteiger partial charge on any atom is -0.481 e. The standard InChI is InChI=1S/C18H34O2.Hf/c1-2-3-4-5-6-7-8-9-10-11-12-13-14-15-16-17-18(19)20;/h9-10H,2-8,11-17H2,1H3,(H,19,20);/b10-9-;. The number of aliphatic carboxylic acids is 1. The van der Waals surface area contributed by atoms with Crippen LogP contribution in [0, 0.1) is 0 Å². The van der Waals surface area contributed by atoms with Gasteiger partial charge in [-0.25, -0.2) is 0 Å². The molecule has 0 atom stereocenters. The molecule has 0 amide bonds. The Morgan fingerprint density at radius 2 is 1.19 bits per heavy atom. The molecule has 0 aliphatic rings. The van der Waals surface area contributed by atoms with Crippen LogP contribution in [0.1, 0.15) is 96.8 Å². The van der Waals surface area contributed by atoms with Crippen LogP contribution in [-0.4, -0.2) is 11.1 Å². The second-order valence-corrected chi connectivity index (χ2v) is 5.73. The summed E-state index contributed by atoms with van der Waals surface area (Å²) in [7, 11) is 0. The van der Waals surface area contributed by atoms with Crippen LogP contribution < -0.4 is 0 Å². The molecule has 0 saturated carbocycles. The van der Waals surface area contributed by atoms with E-state index in [9.17, 15) is 4.79 Å². The Morgan fingerprint density at radius 1 is 0.762 bits per heavy atom. The zero-order valence-electron chi connectivity index (χ0n) is 13.9. The molecule has 0 aromatic carbocycles. The maximum Gasteiger partial charge on any atom is 0.303 e. The van der Waals surface area contributed by atoms with Crippen LogP contribution in [0.25, 0.3) is 0 Å². The molecular formula is C18H34HfO2. The number of hydrogen-bond donors (Lipinski definition) is 1. The number of hydrogen-bond acceptors (Lipinski definition) is 1. The predicted molar refractivity (Wildman–Crippen MR) is 87.1 cm³/mol. The summed E-state index contributed by atoms with van der Waals surface area (Å²) in [5.41, 5.74) is 0. The molecule has 2 nitrogen and oxygen atoms in total. The van der Waals surface area contributed by atoms with Gasteiger partial charge in [0.25, 0.3) is 0 Å². The molecule has 0 aliphatic heterocycles. The van der Waals surface area contributed by atoms with Gasteiger partial charge in [-0.2, -0.15) is 0 Å². The van der Waals surface area contributed by atoms with Gasteiger partial charge in [0.05, 0.1) is 0 Å². The summed E-state index contributed by atoms with van der Waals surface area (Å²) < 4.78 is 0. The van der Waals surface area contributed by atoms with Crippen molar-refractivity contribution in [2.45, 2.75) is 96.8 Å². The van der Waals surface area contributed by atoms with Crippen molar-refractivity contribution in [2.24, 2.45) is 0 Å². The Balaban J connectivity index is 0. The van der Waals surface area contributed by atoms with Gasteiger partial charge in [0.1, 0.15) is 0 Å². The van der Waals surface area contributed by atoms with E-state index in [0.717, 1.165) is 12.8 Å². The molecule has 0 aromatic heterocycles. The Bertz CT molecular complexity index is 239. The van der Waals surface area contributed by atoms with Crippen LogP contribution >= 0.6 is 0 Å². The predicted octanol–water partition coefficient (Wildman–Crippen LogP) is 6.11. The van der Waals surface area contributed by atoms with Gasteiger partial charge in [-0.1, -0.05) is 70.4 Å². The molecule has 21 heavy (non-hydrogen) atoms. The fourth-order valence-electron chi connectivity index (χ4n) is 2.35.